The number of rotatable bonds is 5. The van der Waals surface area contributed by atoms with E-state index < -0.39 is 0 Å². The van der Waals surface area contributed by atoms with Gasteiger partial charge in [0.05, 0.1) is 12.5 Å². The average Bonchev–Trinajstić information content (AvgIpc) is 2.82. The van der Waals surface area contributed by atoms with Crippen LogP contribution >= 0.6 is 11.6 Å². The fourth-order valence-corrected chi connectivity index (χ4v) is 2.31. The van der Waals surface area contributed by atoms with E-state index in [1.807, 2.05) is 13.0 Å². The summed E-state index contributed by atoms with van der Waals surface area (Å²) in [6.45, 7) is 2.73. The van der Waals surface area contributed by atoms with Crippen molar-refractivity contribution in [2.45, 2.75) is 19.4 Å². The highest BCUT2D eigenvalue weighted by Crippen LogP contribution is 2.28. The Morgan fingerprint density at radius 1 is 1.39 bits per heavy atom. The minimum atomic E-state index is -0.281. The van der Waals surface area contributed by atoms with Crippen LogP contribution in [0.5, 0.6) is 0 Å². The molecule has 0 aliphatic carbocycles. The minimum absolute atomic E-state index is 0.152. The SMILES string of the molecule is CCNC(Cc1ccoc1)c1c(F)cccc1Cl. The predicted octanol–water partition coefficient (Wildman–Crippen LogP) is 3.97. The van der Waals surface area contributed by atoms with Gasteiger partial charge in [0, 0.05) is 16.6 Å². The van der Waals surface area contributed by atoms with Crippen molar-refractivity contribution in [2.24, 2.45) is 0 Å². The first-order chi connectivity index (χ1) is 8.72. The van der Waals surface area contributed by atoms with Crippen molar-refractivity contribution in [1.82, 2.24) is 5.32 Å². The largest absolute Gasteiger partial charge is 0.472 e. The normalized spacial score (nSPS) is 12.6. The number of hydrogen-bond acceptors (Lipinski definition) is 2. The zero-order chi connectivity index (χ0) is 13.0. The first-order valence-corrected chi connectivity index (χ1v) is 6.28. The van der Waals surface area contributed by atoms with Crippen LogP contribution in [0.2, 0.25) is 5.02 Å². The van der Waals surface area contributed by atoms with Gasteiger partial charge in [-0.3, -0.25) is 0 Å². The van der Waals surface area contributed by atoms with Crippen molar-refractivity contribution >= 4 is 11.6 Å². The molecule has 2 aromatic rings. The summed E-state index contributed by atoms with van der Waals surface area (Å²) in [7, 11) is 0. The molecular formula is C14H15ClFNO. The van der Waals surface area contributed by atoms with Gasteiger partial charge in [-0.1, -0.05) is 24.6 Å². The average molecular weight is 268 g/mol. The van der Waals surface area contributed by atoms with Crippen molar-refractivity contribution in [2.75, 3.05) is 6.54 Å². The van der Waals surface area contributed by atoms with Crippen LogP contribution in [0.25, 0.3) is 0 Å². The molecular weight excluding hydrogens is 253 g/mol. The van der Waals surface area contributed by atoms with Crippen molar-refractivity contribution in [3.8, 4) is 0 Å². The van der Waals surface area contributed by atoms with E-state index in [0.29, 0.717) is 17.0 Å². The van der Waals surface area contributed by atoms with Gasteiger partial charge in [-0.2, -0.15) is 0 Å². The molecule has 1 aromatic heterocycles. The molecule has 2 nitrogen and oxygen atoms in total. The maximum absolute atomic E-state index is 13.9. The highest BCUT2D eigenvalue weighted by molar-refractivity contribution is 6.31. The van der Waals surface area contributed by atoms with Crippen LogP contribution in [-0.4, -0.2) is 6.54 Å². The lowest BCUT2D eigenvalue weighted by Gasteiger charge is -2.19. The van der Waals surface area contributed by atoms with Crippen molar-refractivity contribution in [1.29, 1.82) is 0 Å². The van der Waals surface area contributed by atoms with Gasteiger partial charge in [-0.25, -0.2) is 4.39 Å². The molecule has 96 valence electrons. The highest BCUT2D eigenvalue weighted by Gasteiger charge is 2.18. The van der Waals surface area contributed by atoms with Gasteiger partial charge >= 0.3 is 0 Å². The monoisotopic (exact) mass is 267 g/mol. The quantitative estimate of drug-likeness (QED) is 0.887. The number of benzene rings is 1. The molecule has 1 unspecified atom stereocenters. The smallest absolute Gasteiger partial charge is 0.129 e. The molecule has 0 aliphatic rings. The number of likely N-dealkylation sites (N-methyl/N-ethyl adjacent to an activating group) is 1. The van der Waals surface area contributed by atoms with Gasteiger partial charge in [0.15, 0.2) is 0 Å². The Labute approximate surface area is 111 Å². The zero-order valence-corrected chi connectivity index (χ0v) is 10.9. The number of nitrogens with one attached hydrogen (secondary N) is 1. The fraction of sp³-hybridized carbons (Fsp3) is 0.286. The second-order valence-electron chi connectivity index (χ2n) is 4.08. The number of furan rings is 1. The second-order valence-corrected chi connectivity index (χ2v) is 4.49. The molecule has 0 saturated carbocycles. The van der Waals surface area contributed by atoms with Crippen LogP contribution in [-0.2, 0) is 6.42 Å². The molecule has 2 rings (SSSR count). The standard InChI is InChI=1S/C14H15ClFNO/c1-2-17-13(8-10-6-7-18-9-10)14-11(15)4-3-5-12(14)16/h3-7,9,13,17H,2,8H2,1H3. The van der Waals surface area contributed by atoms with Crippen LogP contribution in [0.4, 0.5) is 4.39 Å². The second kappa shape index (κ2) is 6.03. The van der Waals surface area contributed by atoms with Gasteiger partial charge in [-0.05, 0) is 36.7 Å². The molecule has 0 spiro atoms. The lowest BCUT2D eigenvalue weighted by atomic mass is 10.00. The maximum Gasteiger partial charge on any atom is 0.129 e. The molecule has 1 heterocycles. The Kier molecular flexibility index (Phi) is 4.39. The molecule has 0 aliphatic heterocycles. The molecule has 18 heavy (non-hydrogen) atoms. The zero-order valence-electron chi connectivity index (χ0n) is 10.1. The molecule has 0 radical (unpaired) electrons. The summed E-state index contributed by atoms with van der Waals surface area (Å²) < 4.78 is 18.9. The lowest BCUT2D eigenvalue weighted by Crippen LogP contribution is -2.24. The van der Waals surface area contributed by atoms with E-state index in [1.54, 1.807) is 24.7 Å². The fourth-order valence-electron chi connectivity index (χ4n) is 2.01. The Bertz CT molecular complexity index is 478. The van der Waals surface area contributed by atoms with Crippen molar-refractivity contribution in [3.63, 3.8) is 0 Å². The molecule has 0 saturated heterocycles. The van der Waals surface area contributed by atoms with Crippen LogP contribution in [0.1, 0.15) is 24.1 Å². The Morgan fingerprint density at radius 2 is 2.22 bits per heavy atom. The third-order valence-electron chi connectivity index (χ3n) is 2.82. The van der Waals surface area contributed by atoms with E-state index in [1.165, 1.54) is 6.07 Å². The molecule has 0 fully saturated rings. The van der Waals surface area contributed by atoms with Crippen LogP contribution in [0.15, 0.2) is 41.2 Å². The van der Waals surface area contributed by atoms with E-state index in [9.17, 15) is 4.39 Å². The van der Waals surface area contributed by atoms with E-state index in [-0.39, 0.29) is 11.9 Å². The molecule has 4 heteroatoms. The van der Waals surface area contributed by atoms with E-state index in [0.717, 1.165) is 12.1 Å². The van der Waals surface area contributed by atoms with Gasteiger partial charge < -0.3 is 9.73 Å². The van der Waals surface area contributed by atoms with Crippen LogP contribution < -0.4 is 5.32 Å². The summed E-state index contributed by atoms with van der Waals surface area (Å²) in [5.41, 5.74) is 1.53. The summed E-state index contributed by atoms with van der Waals surface area (Å²) in [6, 6.07) is 6.48. The summed E-state index contributed by atoms with van der Waals surface area (Å²) in [5.74, 6) is -0.281. The first-order valence-electron chi connectivity index (χ1n) is 5.90. The van der Waals surface area contributed by atoms with E-state index in [4.69, 9.17) is 16.0 Å². The molecule has 1 aromatic carbocycles. The molecule has 0 amide bonds. The topological polar surface area (TPSA) is 25.2 Å². The minimum Gasteiger partial charge on any atom is -0.472 e. The molecule has 1 atom stereocenters. The number of hydrogen-bond donors (Lipinski definition) is 1. The van der Waals surface area contributed by atoms with Gasteiger partial charge in [0.1, 0.15) is 5.82 Å². The summed E-state index contributed by atoms with van der Waals surface area (Å²) >= 11 is 6.10. The van der Waals surface area contributed by atoms with Gasteiger partial charge in [0.25, 0.3) is 0 Å². The Balaban J connectivity index is 2.29. The third kappa shape index (κ3) is 2.92. The van der Waals surface area contributed by atoms with Crippen molar-refractivity contribution in [3.05, 3.63) is 58.8 Å². The number of halogens is 2. The summed E-state index contributed by atoms with van der Waals surface area (Å²) in [6.07, 6.45) is 3.92. The predicted molar refractivity (Wildman–Crippen MR) is 70.2 cm³/mol. The van der Waals surface area contributed by atoms with Gasteiger partial charge in [-0.15, -0.1) is 0 Å². The lowest BCUT2D eigenvalue weighted by molar-refractivity contribution is 0.505. The van der Waals surface area contributed by atoms with E-state index in [2.05, 4.69) is 5.32 Å². The third-order valence-corrected chi connectivity index (χ3v) is 3.15. The van der Waals surface area contributed by atoms with Crippen molar-refractivity contribution < 1.29 is 8.81 Å². The highest BCUT2D eigenvalue weighted by atomic mass is 35.5. The summed E-state index contributed by atoms with van der Waals surface area (Å²) in [5, 5.41) is 3.70. The Hall–Kier alpha value is -1.32. The first kappa shape index (κ1) is 13.1. The van der Waals surface area contributed by atoms with E-state index >= 15 is 0 Å². The Morgan fingerprint density at radius 3 is 2.83 bits per heavy atom. The van der Waals surface area contributed by atoms with Crippen LogP contribution in [0.3, 0.4) is 0 Å². The summed E-state index contributed by atoms with van der Waals surface area (Å²) in [4.78, 5) is 0. The molecule has 0 bridgehead atoms. The van der Waals surface area contributed by atoms with Gasteiger partial charge in [0.2, 0.25) is 0 Å². The maximum atomic E-state index is 13.9. The van der Waals surface area contributed by atoms with Crippen LogP contribution in [0, 0.1) is 5.82 Å². The molecule has 1 N–H and O–H groups in total.